The minimum atomic E-state index is -3.40. The number of hydrogen-bond acceptors (Lipinski definition) is 5. The molecular weight excluding hydrogens is 280 g/mol. The van der Waals surface area contributed by atoms with E-state index < -0.39 is 16.1 Å². The first-order valence-corrected chi connectivity index (χ1v) is 7.98. The van der Waals surface area contributed by atoms with Crippen molar-refractivity contribution in [3.8, 4) is 0 Å². The molecule has 1 atom stereocenters. The van der Waals surface area contributed by atoms with Gasteiger partial charge in [-0.05, 0) is 30.7 Å². The molecule has 1 aromatic rings. The highest BCUT2D eigenvalue weighted by Gasteiger charge is 2.11. The van der Waals surface area contributed by atoms with Crippen LogP contribution in [0.15, 0.2) is 29.2 Å². The molecule has 0 aliphatic heterocycles. The Hall–Kier alpha value is -1.15. The van der Waals surface area contributed by atoms with E-state index in [4.69, 9.17) is 4.74 Å². The third-order valence-corrected chi connectivity index (χ3v) is 4.23. The molecule has 3 N–H and O–H groups in total. The molecule has 20 heavy (non-hydrogen) atoms. The summed E-state index contributed by atoms with van der Waals surface area (Å²) in [5.41, 5.74) is 0.810. The van der Waals surface area contributed by atoms with Crippen molar-refractivity contribution in [3.05, 3.63) is 24.3 Å². The van der Waals surface area contributed by atoms with Gasteiger partial charge in [0.15, 0.2) is 0 Å². The van der Waals surface area contributed by atoms with E-state index in [-0.39, 0.29) is 4.90 Å². The minimum absolute atomic E-state index is 0.240. The first-order valence-electron chi connectivity index (χ1n) is 6.50. The van der Waals surface area contributed by atoms with Crippen LogP contribution in [0.25, 0.3) is 0 Å². The van der Waals surface area contributed by atoms with Gasteiger partial charge in [-0.3, -0.25) is 0 Å². The summed E-state index contributed by atoms with van der Waals surface area (Å²) < 4.78 is 30.7. The summed E-state index contributed by atoms with van der Waals surface area (Å²) in [5, 5.41) is 12.6. The van der Waals surface area contributed by atoms with E-state index in [1.807, 2.05) is 0 Å². The molecule has 0 aliphatic rings. The standard InChI is InChI=1S/C13H22N2O4S/c1-3-15-20(17,18)13-6-4-11(5-7-13)14-9-8-12(16)10-19-2/h4-7,12,14-16H,3,8-10H2,1-2H3. The first-order chi connectivity index (χ1) is 9.49. The van der Waals surface area contributed by atoms with E-state index in [2.05, 4.69) is 10.0 Å². The number of benzene rings is 1. The van der Waals surface area contributed by atoms with Crippen LogP contribution in [0.2, 0.25) is 0 Å². The van der Waals surface area contributed by atoms with Crippen LogP contribution in [0.5, 0.6) is 0 Å². The van der Waals surface area contributed by atoms with E-state index in [1.54, 1.807) is 38.3 Å². The van der Waals surface area contributed by atoms with E-state index >= 15 is 0 Å². The molecule has 6 nitrogen and oxygen atoms in total. The van der Waals surface area contributed by atoms with Crippen molar-refractivity contribution in [1.29, 1.82) is 0 Å². The monoisotopic (exact) mass is 302 g/mol. The predicted octanol–water partition coefficient (Wildman–Crippen LogP) is 0.794. The highest BCUT2D eigenvalue weighted by Crippen LogP contribution is 2.13. The summed E-state index contributed by atoms with van der Waals surface area (Å²) >= 11 is 0. The Bertz CT molecular complexity index is 488. The SMILES string of the molecule is CCNS(=O)(=O)c1ccc(NCCC(O)COC)cc1. The molecule has 0 saturated heterocycles. The van der Waals surface area contributed by atoms with Crippen molar-refractivity contribution in [1.82, 2.24) is 4.72 Å². The van der Waals surface area contributed by atoms with Gasteiger partial charge >= 0.3 is 0 Å². The fraction of sp³-hybridized carbons (Fsp3) is 0.538. The van der Waals surface area contributed by atoms with Crippen LogP contribution >= 0.6 is 0 Å². The van der Waals surface area contributed by atoms with Gasteiger partial charge in [0.25, 0.3) is 0 Å². The minimum Gasteiger partial charge on any atom is -0.391 e. The van der Waals surface area contributed by atoms with Gasteiger partial charge in [-0.2, -0.15) is 0 Å². The van der Waals surface area contributed by atoms with E-state index in [9.17, 15) is 13.5 Å². The molecule has 1 aromatic carbocycles. The molecule has 0 aliphatic carbocycles. The van der Waals surface area contributed by atoms with Gasteiger partial charge in [-0.25, -0.2) is 13.1 Å². The lowest BCUT2D eigenvalue weighted by molar-refractivity contribution is 0.0615. The average molecular weight is 302 g/mol. The smallest absolute Gasteiger partial charge is 0.240 e. The Kier molecular flexibility index (Phi) is 6.94. The Morgan fingerprint density at radius 1 is 1.30 bits per heavy atom. The molecule has 0 saturated carbocycles. The second-order valence-corrected chi connectivity index (χ2v) is 6.12. The molecule has 1 unspecified atom stereocenters. The quantitative estimate of drug-likeness (QED) is 0.628. The summed E-state index contributed by atoms with van der Waals surface area (Å²) in [6.07, 6.45) is 0.0616. The topological polar surface area (TPSA) is 87.7 Å². The number of ether oxygens (including phenoxy) is 1. The maximum Gasteiger partial charge on any atom is 0.240 e. The largest absolute Gasteiger partial charge is 0.391 e. The summed E-state index contributed by atoms with van der Waals surface area (Å²) in [6, 6.07) is 6.50. The Labute approximate surface area is 120 Å². The summed E-state index contributed by atoms with van der Waals surface area (Å²) in [5.74, 6) is 0. The van der Waals surface area contributed by atoms with Crippen LogP contribution in [-0.2, 0) is 14.8 Å². The second-order valence-electron chi connectivity index (χ2n) is 4.35. The number of aliphatic hydroxyl groups is 1. The summed E-state index contributed by atoms with van der Waals surface area (Å²) in [6.45, 7) is 2.99. The molecule has 0 fully saturated rings. The normalized spacial score (nSPS) is 13.2. The van der Waals surface area contributed by atoms with Crippen LogP contribution in [0.4, 0.5) is 5.69 Å². The maximum atomic E-state index is 11.7. The maximum absolute atomic E-state index is 11.7. The van der Waals surface area contributed by atoms with Crippen LogP contribution in [0.1, 0.15) is 13.3 Å². The summed E-state index contributed by atoms with van der Waals surface area (Å²) in [4.78, 5) is 0.240. The molecule has 0 aromatic heterocycles. The average Bonchev–Trinajstić information content (AvgIpc) is 2.39. The van der Waals surface area contributed by atoms with Crippen LogP contribution in [-0.4, -0.2) is 46.4 Å². The highest BCUT2D eigenvalue weighted by molar-refractivity contribution is 7.89. The molecule has 0 heterocycles. The number of nitrogens with one attached hydrogen (secondary N) is 2. The lowest BCUT2D eigenvalue weighted by Gasteiger charge is -2.11. The molecule has 1 rings (SSSR count). The molecular formula is C13H22N2O4S. The van der Waals surface area contributed by atoms with Crippen molar-refractivity contribution in [2.75, 3.05) is 32.1 Å². The van der Waals surface area contributed by atoms with Gasteiger partial charge in [-0.1, -0.05) is 6.92 Å². The molecule has 114 valence electrons. The molecule has 0 radical (unpaired) electrons. The Balaban J connectivity index is 2.51. The lowest BCUT2D eigenvalue weighted by Crippen LogP contribution is -2.23. The van der Waals surface area contributed by atoms with Crippen molar-refractivity contribution in [3.63, 3.8) is 0 Å². The third-order valence-electron chi connectivity index (χ3n) is 2.66. The molecule has 0 amide bonds. The number of aliphatic hydroxyl groups excluding tert-OH is 1. The molecule has 0 bridgehead atoms. The van der Waals surface area contributed by atoms with Gasteiger partial charge in [0.2, 0.25) is 10.0 Å². The van der Waals surface area contributed by atoms with Crippen molar-refractivity contribution >= 4 is 15.7 Å². The molecule has 0 spiro atoms. The van der Waals surface area contributed by atoms with Crippen LogP contribution in [0.3, 0.4) is 0 Å². The predicted molar refractivity (Wildman–Crippen MR) is 78.3 cm³/mol. The number of rotatable bonds is 9. The van der Waals surface area contributed by atoms with Crippen molar-refractivity contribution < 1.29 is 18.3 Å². The number of hydrogen-bond donors (Lipinski definition) is 3. The van der Waals surface area contributed by atoms with Gasteiger partial charge in [0.05, 0.1) is 17.6 Å². The number of anilines is 1. The van der Waals surface area contributed by atoms with Crippen molar-refractivity contribution in [2.24, 2.45) is 0 Å². The third kappa shape index (κ3) is 5.46. The van der Waals surface area contributed by atoms with Gasteiger partial charge in [-0.15, -0.1) is 0 Å². The van der Waals surface area contributed by atoms with Gasteiger partial charge in [0, 0.05) is 25.9 Å². The lowest BCUT2D eigenvalue weighted by atomic mass is 10.2. The van der Waals surface area contributed by atoms with Crippen LogP contribution < -0.4 is 10.0 Å². The fourth-order valence-electron chi connectivity index (χ4n) is 1.68. The van der Waals surface area contributed by atoms with E-state index in [1.165, 1.54) is 0 Å². The first kappa shape index (κ1) is 16.9. The van der Waals surface area contributed by atoms with Gasteiger partial charge < -0.3 is 15.2 Å². The van der Waals surface area contributed by atoms with Crippen molar-refractivity contribution in [2.45, 2.75) is 24.3 Å². The summed E-state index contributed by atoms with van der Waals surface area (Å²) in [7, 11) is -1.86. The highest BCUT2D eigenvalue weighted by atomic mass is 32.2. The van der Waals surface area contributed by atoms with Crippen LogP contribution in [0, 0.1) is 0 Å². The number of methoxy groups -OCH3 is 1. The Morgan fingerprint density at radius 3 is 2.50 bits per heavy atom. The second kappa shape index (κ2) is 8.21. The Morgan fingerprint density at radius 2 is 1.95 bits per heavy atom. The zero-order chi connectivity index (χ0) is 15.0. The zero-order valence-electron chi connectivity index (χ0n) is 11.8. The van der Waals surface area contributed by atoms with E-state index in [0.29, 0.717) is 26.1 Å². The fourth-order valence-corrected chi connectivity index (χ4v) is 2.73. The van der Waals surface area contributed by atoms with E-state index in [0.717, 1.165) is 5.69 Å². The number of sulfonamides is 1. The molecule has 7 heteroatoms. The zero-order valence-corrected chi connectivity index (χ0v) is 12.6. The van der Waals surface area contributed by atoms with Gasteiger partial charge in [0.1, 0.15) is 0 Å².